The zero-order valence-electron chi connectivity index (χ0n) is 10.7. The van der Waals surface area contributed by atoms with Gasteiger partial charge in [-0.1, -0.05) is 0 Å². The molecule has 1 aliphatic rings. The van der Waals surface area contributed by atoms with E-state index < -0.39 is 31.3 Å². The van der Waals surface area contributed by atoms with Crippen molar-refractivity contribution in [2.75, 3.05) is 19.6 Å². The van der Waals surface area contributed by atoms with Crippen LogP contribution in [-0.2, 0) is 10.0 Å². The third-order valence-corrected chi connectivity index (χ3v) is 5.18. The lowest BCUT2D eigenvalue weighted by Crippen LogP contribution is -2.52. The van der Waals surface area contributed by atoms with Gasteiger partial charge in [-0.15, -0.1) is 0 Å². The molecule has 0 spiro atoms. The highest BCUT2D eigenvalue weighted by molar-refractivity contribution is 7.89. The fourth-order valence-corrected chi connectivity index (χ4v) is 3.83. The number of benzene rings is 1. The third kappa shape index (κ3) is 2.65. The maximum Gasteiger partial charge on any atom is 0.270 e. The minimum Gasteiger partial charge on any atom is -0.314 e. The lowest BCUT2D eigenvalue weighted by Gasteiger charge is -2.32. The first-order chi connectivity index (χ1) is 9.34. The molecule has 1 aliphatic heterocycles. The van der Waals surface area contributed by atoms with Crippen LogP contribution in [0.5, 0.6) is 0 Å². The molecule has 0 radical (unpaired) electrons. The molecular weight excluding hydrogens is 289 g/mol. The minimum absolute atomic E-state index is 0.200. The monoisotopic (exact) mass is 303 g/mol. The molecule has 20 heavy (non-hydrogen) atoms. The fourth-order valence-electron chi connectivity index (χ4n) is 2.11. The van der Waals surface area contributed by atoms with Gasteiger partial charge in [-0.25, -0.2) is 12.8 Å². The Morgan fingerprint density at radius 1 is 1.50 bits per heavy atom. The van der Waals surface area contributed by atoms with E-state index >= 15 is 0 Å². The molecule has 0 saturated carbocycles. The first-order valence-corrected chi connectivity index (χ1v) is 7.44. The van der Waals surface area contributed by atoms with Gasteiger partial charge in [0, 0.05) is 37.8 Å². The van der Waals surface area contributed by atoms with Gasteiger partial charge in [0.05, 0.1) is 4.92 Å². The van der Waals surface area contributed by atoms with Crippen molar-refractivity contribution in [1.29, 1.82) is 0 Å². The zero-order valence-corrected chi connectivity index (χ0v) is 11.6. The average molecular weight is 303 g/mol. The Labute approximate surface area is 115 Å². The Balaban J connectivity index is 2.48. The number of hydrogen-bond donors (Lipinski definition) is 1. The van der Waals surface area contributed by atoms with E-state index in [2.05, 4.69) is 5.32 Å². The Morgan fingerprint density at radius 3 is 2.80 bits per heavy atom. The van der Waals surface area contributed by atoms with Crippen LogP contribution in [0.25, 0.3) is 0 Å². The van der Waals surface area contributed by atoms with Crippen LogP contribution < -0.4 is 5.32 Å². The number of non-ortho nitro benzene ring substituents is 1. The highest BCUT2D eigenvalue weighted by Gasteiger charge is 2.33. The number of piperazine rings is 1. The number of nitrogens with one attached hydrogen (secondary N) is 1. The number of rotatable bonds is 3. The number of halogens is 1. The first kappa shape index (κ1) is 14.8. The van der Waals surface area contributed by atoms with Crippen LogP contribution in [0, 0.1) is 15.9 Å². The van der Waals surface area contributed by atoms with Gasteiger partial charge in [0.2, 0.25) is 10.0 Å². The van der Waals surface area contributed by atoms with E-state index in [1.165, 1.54) is 0 Å². The molecular formula is C11H14FN3O4S. The summed E-state index contributed by atoms with van der Waals surface area (Å²) in [5.74, 6) is -0.985. The number of sulfonamides is 1. The largest absolute Gasteiger partial charge is 0.314 e. The van der Waals surface area contributed by atoms with Gasteiger partial charge in [-0.3, -0.25) is 10.1 Å². The van der Waals surface area contributed by atoms with E-state index in [0.29, 0.717) is 13.1 Å². The molecule has 1 N–H and O–H groups in total. The number of hydrogen-bond acceptors (Lipinski definition) is 5. The summed E-state index contributed by atoms with van der Waals surface area (Å²) in [4.78, 5) is 9.29. The number of nitrogens with zero attached hydrogens (tertiary/aromatic N) is 2. The molecule has 1 heterocycles. The Bertz CT molecular complexity index is 635. The van der Waals surface area contributed by atoms with Crippen molar-refractivity contribution in [3.8, 4) is 0 Å². The maximum absolute atomic E-state index is 13.8. The Hall–Kier alpha value is -1.58. The van der Waals surface area contributed by atoms with Crippen LogP contribution in [0.3, 0.4) is 0 Å². The molecule has 110 valence electrons. The highest BCUT2D eigenvalue weighted by atomic mass is 32.2. The fraction of sp³-hybridized carbons (Fsp3) is 0.455. The topological polar surface area (TPSA) is 92.6 Å². The third-order valence-electron chi connectivity index (χ3n) is 3.15. The molecule has 0 amide bonds. The lowest BCUT2D eigenvalue weighted by atomic mass is 10.3. The molecule has 1 aromatic carbocycles. The molecule has 0 aromatic heterocycles. The lowest BCUT2D eigenvalue weighted by molar-refractivity contribution is -0.385. The van der Waals surface area contributed by atoms with E-state index in [4.69, 9.17) is 0 Å². The standard InChI is InChI=1S/C11H14FN3O4S/c1-8-7-13-4-5-14(8)20(18,19)11-6-9(15(16)17)2-3-10(11)12/h2-3,6,8,13H,4-5,7H2,1H3/t8-/m0/s1. The van der Waals surface area contributed by atoms with Crippen LogP contribution in [0.15, 0.2) is 23.1 Å². The van der Waals surface area contributed by atoms with E-state index in [-0.39, 0.29) is 12.6 Å². The number of nitro groups is 1. The van der Waals surface area contributed by atoms with Gasteiger partial charge in [0.1, 0.15) is 10.7 Å². The number of nitro benzene ring substituents is 1. The molecule has 1 fully saturated rings. The van der Waals surface area contributed by atoms with E-state index in [1.54, 1.807) is 6.92 Å². The molecule has 1 aromatic rings. The quantitative estimate of drug-likeness (QED) is 0.656. The summed E-state index contributed by atoms with van der Waals surface area (Å²) >= 11 is 0. The molecule has 2 rings (SSSR count). The molecule has 0 bridgehead atoms. The van der Waals surface area contributed by atoms with Gasteiger partial charge in [0.15, 0.2) is 0 Å². The van der Waals surface area contributed by atoms with Crippen molar-refractivity contribution in [2.45, 2.75) is 17.9 Å². The summed E-state index contributed by atoms with van der Waals surface area (Å²) < 4.78 is 39.8. The first-order valence-electron chi connectivity index (χ1n) is 6.00. The van der Waals surface area contributed by atoms with Gasteiger partial charge in [-0.05, 0) is 13.0 Å². The molecule has 0 unspecified atom stereocenters. The van der Waals surface area contributed by atoms with E-state index in [9.17, 15) is 22.9 Å². The van der Waals surface area contributed by atoms with E-state index in [1.807, 2.05) is 0 Å². The second-order valence-electron chi connectivity index (χ2n) is 4.54. The van der Waals surface area contributed by atoms with Crippen molar-refractivity contribution in [3.05, 3.63) is 34.1 Å². The molecule has 7 nitrogen and oxygen atoms in total. The van der Waals surface area contributed by atoms with Crippen LogP contribution in [0.1, 0.15) is 6.92 Å². The van der Waals surface area contributed by atoms with Gasteiger partial charge >= 0.3 is 0 Å². The second-order valence-corrected chi connectivity index (χ2v) is 6.40. The summed E-state index contributed by atoms with van der Waals surface area (Å²) in [5.41, 5.74) is -0.451. The molecule has 9 heteroatoms. The average Bonchev–Trinajstić information content (AvgIpc) is 2.39. The Morgan fingerprint density at radius 2 is 2.20 bits per heavy atom. The summed E-state index contributed by atoms with van der Waals surface area (Å²) in [6.07, 6.45) is 0. The van der Waals surface area contributed by atoms with Crippen molar-refractivity contribution >= 4 is 15.7 Å². The molecule has 1 saturated heterocycles. The predicted octanol–water partition coefficient (Wildman–Crippen LogP) is 0.716. The van der Waals surface area contributed by atoms with Crippen LogP contribution >= 0.6 is 0 Å². The van der Waals surface area contributed by atoms with Gasteiger partial charge in [-0.2, -0.15) is 4.31 Å². The van der Waals surface area contributed by atoms with Gasteiger partial charge < -0.3 is 5.32 Å². The van der Waals surface area contributed by atoms with Gasteiger partial charge in [0.25, 0.3) is 5.69 Å². The minimum atomic E-state index is -4.08. The molecule has 1 atom stereocenters. The normalized spacial score (nSPS) is 20.8. The predicted molar refractivity (Wildman–Crippen MR) is 69.3 cm³/mol. The van der Waals surface area contributed by atoms with Crippen LogP contribution in [0.4, 0.5) is 10.1 Å². The van der Waals surface area contributed by atoms with Crippen molar-refractivity contribution < 1.29 is 17.7 Å². The summed E-state index contributed by atoms with van der Waals surface area (Å²) in [6, 6.07) is 2.17. The summed E-state index contributed by atoms with van der Waals surface area (Å²) in [6.45, 7) is 2.81. The van der Waals surface area contributed by atoms with Crippen LogP contribution in [-0.4, -0.2) is 43.3 Å². The van der Waals surface area contributed by atoms with Crippen LogP contribution in [0.2, 0.25) is 0 Å². The maximum atomic E-state index is 13.8. The second kappa shape index (κ2) is 5.43. The summed E-state index contributed by atoms with van der Waals surface area (Å²) in [7, 11) is -4.08. The Kier molecular flexibility index (Phi) is 4.02. The zero-order chi connectivity index (χ0) is 14.9. The SMILES string of the molecule is C[C@H]1CNCCN1S(=O)(=O)c1cc([N+](=O)[O-])ccc1F. The molecule has 0 aliphatic carbocycles. The highest BCUT2D eigenvalue weighted by Crippen LogP contribution is 2.25. The van der Waals surface area contributed by atoms with E-state index in [0.717, 1.165) is 22.5 Å². The summed E-state index contributed by atoms with van der Waals surface area (Å²) in [5, 5.41) is 13.7. The van der Waals surface area contributed by atoms with Crippen molar-refractivity contribution in [2.24, 2.45) is 0 Å². The smallest absolute Gasteiger partial charge is 0.270 e. The van der Waals surface area contributed by atoms with Crippen molar-refractivity contribution in [1.82, 2.24) is 9.62 Å². The van der Waals surface area contributed by atoms with Crippen molar-refractivity contribution in [3.63, 3.8) is 0 Å².